The molecule has 0 fully saturated rings. The molecule has 0 aliphatic rings. The van der Waals surface area contributed by atoms with E-state index in [1.165, 1.54) is 4.88 Å². The van der Waals surface area contributed by atoms with Crippen molar-refractivity contribution < 1.29 is 4.74 Å². The van der Waals surface area contributed by atoms with E-state index in [0.717, 1.165) is 56.8 Å². The lowest BCUT2D eigenvalue weighted by Crippen LogP contribution is -2.39. The van der Waals surface area contributed by atoms with Gasteiger partial charge in [-0.1, -0.05) is 19.9 Å². The van der Waals surface area contributed by atoms with Gasteiger partial charge in [-0.25, -0.2) is 4.99 Å². The largest absolute Gasteiger partial charge is 0.381 e. The first-order chi connectivity index (χ1) is 13.1. The highest BCUT2D eigenvalue weighted by atomic mass is 32.1. The molecule has 0 aromatic carbocycles. The third-order valence-electron chi connectivity index (χ3n) is 4.01. The maximum atomic E-state index is 5.63. The van der Waals surface area contributed by atoms with Crippen LogP contribution in [-0.4, -0.2) is 47.0 Å². The van der Waals surface area contributed by atoms with Gasteiger partial charge in [0.05, 0.1) is 0 Å². The predicted molar refractivity (Wildman–Crippen MR) is 111 cm³/mol. The summed E-state index contributed by atoms with van der Waals surface area (Å²) >= 11 is 1.78. The summed E-state index contributed by atoms with van der Waals surface area (Å²) in [6.45, 7) is 9.99. The van der Waals surface area contributed by atoms with Crippen molar-refractivity contribution in [2.45, 2.75) is 40.2 Å². The first kappa shape index (κ1) is 21.4. The maximum Gasteiger partial charge on any atom is 0.191 e. The molecule has 0 unspecified atom stereocenters. The lowest BCUT2D eigenvalue weighted by Gasteiger charge is -2.13. The molecule has 0 atom stereocenters. The van der Waals surface area contributed by atoms with Gasteiger partial charge in [-0.3, -0.25) is 0 Å². The number of nitrogens with one attached hydrogen (secondary N) is 2. The summed E-state index contributed by atoms with van der Waals surface area (Å²) in [4.78, 5) is 6.04. The van der Waals surface area contributed by atoms with Gasteiger partial charge in [0.1, 0.15) is 12.4 Å². The Kier molecular flexibility index (Phi) is 9.27. The highest BCUT2D eigenvalue weighted by molar-refractivity contribution is 7.09. The molecule has 0 saturated heterocycles. The SMILES string of the molecule is Cc1nnc(CN=C(NCCCOCC(C)C)NCCc2cccs2)n1C. The fourth-order valence-corrected chi connectivity index (χ4v) is 3.08. The topological polar surface area (TPSA) is 76.4 Å². The van der Waals surface area contributed by atoms with Gasteiger partial charge in [-0.2, -0.15) is 0 Å². The van der Waals surface area contributed by atoms with Crippen LogP contribution in [0.3, 0.4) is 0 Å². The molecule has 0 bridgehead atoms. The predicted octanol–water partition coefficient (Wildman–Crippen LogP) is 2.53. The van der Waals surface area contributed by atoms with E-state index in [9.17, 15) is 0 Å². The molecule has 2 aromatic heterocycles. The average Bonchev–Trinajstić information content (AvgIpc) is 3.26. The number of guanidine groups is 1. The van der Waals surface area contributed by atoms with Crippen LogP contribution in [0.1, 0.15) is 36.8 Å². The average molecular weight is 393 g/mol. The lowest BCUT2D eigenvalue weighted by atomic mass is 10.2. The highest BCUT2D eigenvalue weighted by Crippen LogP contribution is 2.08. The van der Waals surface area contributed by atoms with Crippen molar-refractivity contribution in [1.82, 2.24) is 25.4 Å². The molecule has 2 heterocycles. The Morgan fingerprint density at radius 1 is 1.30 bits per heavy atom. The number of rotatable bonds is 11. The third-order valence-corrected chi connectivity index (χ3v) is 4.95. The van der Waals surface area contributed by atoms with E-state index >= 15 is 0 Å². The first-order valence-corrected chi connectivity index (χ1v) is 10.4. The number of hydrogen-bond acceptors (Lipinski definition) is 5. The van der Waals surface area contributed by atoms with Crippen LogP contribution < -0.4 is 10.6 Å². The number of nitrogens with zero attached hydrogens (tertiary/aromatic N) is 4. The summed E-state index contributed by atoms with van der Waals surface area (Å²) in [5.41, 5.74) is 0. The zero-order valence-electron chi connectivity index (χ0n) is 16.9. The van der Waals surface area contributed by atoms with Crippen LogP contribution in [-0.2, 0) is 24.8 Å². The van der Waals surface area contributed by atoms with Crippen LogP contribution >= 0.6 is 11.3 Å². The Morgan fingerprint density at radius 3 is 2.78 bits per heavy atom. The minimum atomic E-state index is 0.496. The Bertz CT molecular complexity index is 680. The van der Waals surface area contributed by atoms with Crippen molar-refractivity contribution in [3.63, 3.8) is 0 Å². The molecule has 0 amide bonds. The van der Waals surface area contributed by atoms with Crippen LogP contribution in [0.4, 0.5) is 0 Å². The molecule has 0 aliphatic heterocycles. The minimum absolute atomic E-state index is 0.496. The summed E-state index contributed by atoms with van der Waals surface area (Å²) in [7, 11) is 1.96. The summed E-state index contributed by atoms with van der Waals surface area (Å²) in [6, 6.07) is 4.24. The van der Waals surface area contributed by atoms with E-state index in [0.29, 0.717) is 12.5 Å². The van der Waals surface area contributed by atoms with Crippen LogP contribution in [0.25, 0.3) is 0 Å². The summed E-state index contributed by atoms with van der Waals surface area (Å²) in [5.74, 6) is 3.12. The van der Waals surface area contributed by atoms with E-state index in [-0.39, 0.29) is 0 Å². The molecular formula is C19H32N6OS. The van der Waals surface area contributed by atoms with Crippen molar-refractivity contribution in [1.29, 1.82) is 0 Å². The van der Waals surface area contributed by atoms with Crippen LogP contribution in [0.5, 0.6) is 0 Å². The van der Waals surface area contributed by atoms with Crippen molar-refractivity contribution in [3.8, 4) is 0 Å². The molecule has 150 valence electrons. The van der Waals surface area contributed by atoms with Crippen LogP contribution in [0.2, 0.25) is 0 Å². The van der Waals surface area contributed by atoms with Gasteiger partial charge in [-0.15, -0.1) is 21.5 Å². The van der Waals surface area contributed by atoms with E-state index in [1.807, 2.05) is 18.5 Å². The zero-order valence-corrected chi connectivity index (χ0v) is 17.7. The number of aryl methyl sites for hydroxylation is 1. The molecule has 8 heteroatoms. The Morgan fingerprint density at radius 2 is 2.11 bits per heavy atom. The van der Waals surface area contributed by atoms with Crippen molar-refractivity contribution in [3.05, 3.63) is 34.0 Å². The first-order valence-electron chi connectivity index (χ1n) is 9.53. The van der Waals surface area contributed by atoms with Gasteiger partial charge < -0.3 is 19.9 Å². The number of hydrogen-bond donors (Lipinski definition) is 2. The molecule has 2 aromatic rings. The fraction of sp³-hybridized carbons (Fsp3) is 0.632. The van der Waals surface area contributed by atoms with E-state index in [4.69, 9.17) is 4.74 Å². The van der Waals surface area contributed by atoms with Crippen LogP contribution in [0, 0.1) is 12.8 Å². The number of aliphatic imine (C=N–C) groups is 1. The Hall–Kier alpha value is -1.93. The maximum absolute atomic E-state index is 5.63. The summed E-state index contributed by atoms with van der Waals surface area (Å²) in [6.07, 6.45) is 1.93. The molecule has 2 N–H and O–H groups in total. The zero-order chi connectivity index (χ0) is 19.5. The number of aromatic nitrogens is 3. The van der Waals surface area contributed by atoms with Crippen molar-refractivity contribution >= 4 is 17.3 Å². The Balaban J connectivity index is 1.81. The Labute approximate surface area is 166 Å². The second-order valence-corrected chi connectivity index (χ2v) is 7.92. The molecule has 2 rings (SSSR count). The van der Waals surface area contributed by atoms with Gasteiger partial charge in [0.25, 0.3) is 0 Å². The van der Waals surface area contributed by atoms with E-state index < -0.39 is 0 Å². The fourth-order valence-electron chi connectivity index (χ4n) is 2.37. The van der Waals surface area contributed by atoms with Gasteiger partial charge in [0.15, 0.2) is 11.8 Å². The van der Waals surface area contributed by atoms with Crippen LogP contribution in [0.15, 0.2) is 22.5 Å². The third kappa shape index (κ3) is 8.09. The number of ether oxygens (including phenoxy) is 1. The molecular weight excluding hydrogens is 360 g/mol. The van der Waals surface area contributed by atoms with E-state index in [1.54, 1.807) is 11.3 Å². The number of thiophene rings is 1. The molecule has 0 spiro atoms. The monoisotopic (exact) mass is 392 g/mol. The smallest absolute Gasteiger partial charge is 0.191 e. The molecule has 0 radical (unpaired) electrons. The normalized spacial score (nSPS) is 12.0. The van der Waals surface area contributed by atoms with Gasteiger partial charge >= 0.3 is 0 Å². The second kappa shape index (κ2) is 11.7. The minimum Gasteiger partial charge on any atom is -0.381 e. The van der Waals surface area contributed by atoms with Gasteiger partial charge in [-0.05, 0) is 37.1 Å². The van der Waals surface area contributed by atoms with Crippen molar-refractivity contribution in [2.24, 2.45) is 18.0 Å². The summed E-state index contributed by atoms with van der Waals surface area (Å²) < 4.78 is 7.60. The van der Waals surface area contributed by atoms with Gasteiger partial charge in [0, 0.05) is 38.2 Å². The van der Waals surface area contributed by atoms with Gasteiger partial charge in [0.2, 0.25) is 0 Å². The molecule has 27 heavy (non-hydrogen) atoms. The quantitative estimate of drug-likeness (QED) is 0.349. The molecule has 7 nitrogen and oxygen atoms in total. The van der Waals surface area contributed by atoms with Crippen molar-refractivity contribution in [2.75, 3.05) is 26.3 Å². The van der Waals surface area contributed by atoms with E-state index in [2.05, 4.69) is 57.2 Å². The highest BCUT2D eigenvalue weighted by Gasteiger charge is 2.05. The molecule has 0 saturated carbocycles. The second-order valence-electron chi connectivity index (χ2n) is 6.89. The molecule has 0 aliphatic carbocycles. The standard InChI is InChI=1S/C19H32N6OS/c1-15(2)14-26-11-6-9-20-19(21-10-8-17-7-5-12-27-17)22-13-18-24-23-16(3)25(18)4/h5,7,12,15H,6,8-11,13-14H2,1-4H3,(H2,20,21,22). The summed E-state index contributed by atoms with van der Waals surface area (Å²) in [5, 5.41) is 17.2. The lowest BCUT2D eigenvalue weighted by molar-refractivity contribution is 0.108.